The second-order valence-corrected chi connectivity index (χ2v) is 11.8. The first-order valence-electron chi connectivity index (χ1n) is 11.9. The maximum atomic E-state index is 13.0. The summed E-state index contributed by atoms with van der Waals surface area (Å²) in [6, 6.07) is 10.4. The normalized spacial score (nSPS) is 20.1. The molecule has 1 aliphatic heterocycles. The number of benzene rings is 2. The number of rotatable bonds is 8. The van der Waals surface area contributed by atoms with Crippen molar-refractivity contribution in [1.29, 1.82) is 0 Å². The van der Waals surface area contributed by atoms with Gasteiger partial charge in [-0.2, -0.15) is 21.6 Å². The Morgan fingerprint density at radius 3 is 2.58 bits per heavy atom. The number of nitrogens with zero attached hydrogens (tertiary/aromatic N) is 2. The van der Waals surface area contributed by atoms with Gasteiger partial charge in [-0.1, -0.05) is 25.1 Å². The van der Waals surface area contributed by atoms with Crippen molar-refractivity contribution in [2.75, 3.05) is 4.72 Å². The van der Waals surface area contributed by atoms with Crippen LogP contribution in [0.1, 0.15) is 31.7 Å². The highest BCUT2D eigenvalue weighted by molar-refractivity contribution is 9.10. The van der Waals surface area contributed by atoms with Crippen LogP contribution in [0.3, 0.4) is 0 Å². The molecule has 3 N–H and O–H groups in total. The molecule has 13 heteroatoms. The van der Waals surface area contributed by atoms with Gasteiger partial charge in [-0.25, -0.2) is 0 Å². The Morgan fingerprint density at radius 2 is 1.95 bits per heavy atom. The van der Waals surface area contributed by atoms with E-state index in [1.807, 2.05) is 24.0 Å². The maximum Gasteiger partial charge on any atom is 0.516 e. The molecule has 5 rings (SSSR count). The molecule has 2 unspecified atom stereocenters. The highest BCUT2D eigenvalue weighted by Crippen LogP contribution is 2.43. The molecule has 1 amide bonds. The van der Waals surface area contributed by atoms with Crippen LogP contribution in [0.4, 0.5) is 18.9 Å². The van der Waals surface area contributed by atoms with E-state index in [0.29, 0.717) is 34.3 Å². The lowest BCUT2D eigenvalue weighted by Crippen LogP contribution is -2.48. The quantitative estimate of drug-likeness (QED) is 0.354. The van der Waals surface area contributed by atoms with E-state index in [2.05, 4.69) is 15.9 Å². The molecule has 202 valence electrons. The number of amides is 1. The summed E-state index contributed by atoms with van der Waals surface area (Å²) < 4.78 is 70.4. The molecule has 1 fully saturated rings. The van der Waals surface area contributed by atoms with E-state index < -0.39 is 27.5 Å². The van der Waals surface area contributed by atoms with Gasteiger partial charge in [-0.05, 0) is 64.5 Å². The first kappa shape index (κ1) is 26.5. The number of alkyl halides is 3. The number of hydrogen-bond acceptors (Lipinski definition) is 6. The first-order chi connectivity index (χ1) is 17.9. The largest absolute Gasteiger partial charge is 0.516 e. The van der Waals surface area contributed by atoms with E-state index in [-0.39, 0.29) is 23.1 Å². The molecule has 1 aromatic heterocycles. The van der Waals surface area contributed by atoms with E-state index in [1.165, 1.54) is 18.2 Å². The number of amidine groups is 1. The van der Waals surface area contributed by atoms with Crippen LogP contribution in [0.2, 0.25) is 0 Å². The summed E-state index contributed by atoms with van der Waals surface area (Å²) in [5.41, 5.74) is 1.45. The SMILES string of the molecule is CCC1=NC(C2CC2)C(C(N)=O)N1Cc1ccc2oc(-c3ccccc3NS(=O)(=O)C(F)(F)F)c(Br)c2c1. The van der Waals surface area contributed by atoms with Gasteiger partial charge in [0.05, 0.1) is 16.2 Å². The molecule has 3 aromatic rings. The molecule has 0 radical (unpaired) electrons. The fourth-order valence-corrected chi connectivity index (χ4v) is 6.01. The average Bonchev–Trinajstić information content (AvgIpc) is 3.56. The number of furan rings is 1. The molecule has 8 nitrogen and oxygen atoms in total. The molecular formula is C25H24BrF3N4O4S. The number of carbonyl (C=O) groups is 1. The van der Waals surface area contributed by atoms with Crippen LogP contribution < -0.4 is 10.5 Å². The van der Waals surface area contributed by atoms with Crippen LogP contribution in [0, 0.1) is 5.92 Å². The highest BCUT2D eigenvalue weighted by atomic mass is 79.9. The van der Waals surface area contributed by atoms with E-state index in [0.717, 1.165) is 24.2 Å². The molecular weight excluding hydrogens is 589 g/mol. The van der Waals surface area contributed by atoms with Crippen LogP contribution in [0.25, 0.3) is 22.3 Å². The monoisotopic (exact) mass is 612 g/mol. The second-order valence-electron chi connectivity index (χ2n) is 9.37. The molecule has 1 saturated carbocycles. The van der Waals surface area contributed by atoms with Crippen LogP contribution in [-0.4, -0.2) is 42.7 Å². The second kappa shape index (κ2) is 9.60. The third-order valence-electron chi connectivity index (χ3n) is 6.77. The van der Waals surface area contributed by atoms with E-state index in [1.54, 1.807) is 16.9 Å². The van der Waals surface area contributed by atoms with Gasteiger partial charge in [0.25, 0.3) is 0 Å². The fraction of sp³-hybridized carbons (Fsp3) is 0.360. The number of sulfonamides is 1. The number of para-hydroxylation sites is 1. The van der Waals surface area contributed by atoms with Gasteiger partial charge < -0.3 is 15.1 Å². The Balaban J connectivity index is 1.49. The lowest BCUT2D eigenvalue weighted by Gasteiger charge is -2.28. The van der Waals surface area contributed by atoms with Crippen LogP contribution in [0.15, 0.2) is 56.3 Å². The maximum absolute atomic E-state index is 13.0. The van der Waals surface area contributed by atoms with Crippen LogP contribution in [0.5, 0.6) is 0 Å². The van der Waals surface area contributed by atoms with Gasteiger partial charge in [0.2, 0.25) is 5.91 Å². The Morgan fingerprint density at radius 1 is 1.24 bits per heavy atom. The van der Waals surface area contributed by atoms with E-state index in [9.17, 15) is 26.4 Å². The Kier molecular flexibility index (Phi) is 6.70. The molecule has 2 heterocycles. The van der Waals surface area contributed by atoms with Gasteiger partial charge in [0.1, 0.15) is 17.5 Å². The summed E-state index contributed by atoms with van der Waals surface area (Å²) in [6.07, 6.45) is 2.71. The number of fused-ring (bicyclic) bond motifs is 1. The summed E-state index contributed by atoms with van der Waals surface area (Å²) in [6.45, 7) is 2.36. The number of carbonyl (C=O) groups excluding carboxylic acids is 1. The Hall–Kier alpha value is -3.06. The zero-order valence-corrected chi connectivity index (χ0v) is 22.5. The van der Waals surface area contributed by atoms with Gasteiger partial charge in [0, 0.05) is 23.9 Å². The molecule has 2 aliphatic rings. The van der Waals surface area contributed by atoms with Gasteiger partial charge >= 0.3 is 15.5 Å². The van der Waals surface area contributed by atoms with Crippen molar-refractivity contribution in [2.24, 2.45) is 16.6 Å². The lowest BCUT2D eigenvalue weighted by molar-refractivity contribution is -0.122. The van der Waals surface area contributed by atoms with Crippen molar-refractivity contribution in [3.63, 3.8) is 0 Å². The molecule has 1 aliphatic carbocycles. The van der Waals surface area contributed by atoms with Crippen LogP contribution in [-0.2, 0) is 21.4 Å². The highest BCUT2D eigenvalue weighted by Gasteiger charge is 2.47. The zero-order chi connectivity index (χ0) is 27.4. The Bertz CT molecular complexity index is 1550. The van der Waals surface area contributed by atoms with Gasteiger partial charge in [0.15, 0.2) is 5.76 Å². The lowest BCUT2D eigenvalue weighted by atomic mass is 10.0. The molecule has 2 atom stereocenters. The third kappa shape index (κ3) is 4.77. The summed E-state index contributed by atoms with van der Waals surface area (Å²) in [4.78, 5) is 19.1. The predicted molar refractivity (Wildman–Crippen MR) is 141 cm³/mol. The number of nitrogens with one attached hydrogen (secondary N) is 1. The minimum atomic E-state index is -5.63. The standard InChI is InChI=1S/C25H24BrF3N4O4S/c1-2-19-31-21(14-8-9-14)22(24(30)34)33(19)12-13-7-10-18-16(11-13)20(26)23(37-18)15-5-3-4-6-17(15)32-38(35,36)25(27,28)29/h3-7,10-11,14,21-22,32H,2,8-9,12H2,1H3,(H2,30,34). The van der Waals surface area contributed by atoms with E-state index in [4.69, 9.17) is 15.1 Å². The number of aliphatic imine (C=N–C) groups is 1. The van der Waals surface area contributed by atoms with Crippen molar-refractivity contribution in [3.8, 4) is 11.3 Å². The number of nitrogens with two attached hydrogens (primary N) is 1. The average molecular weight is 613 g/mol. The minimum Gasteiger partial charge on any atom is -0.455 e. The molecule has 0 spiro atoms. The summed E-state index contributed by atoms with van der Waals surface area (Å²) in [5.74, 6) is 0.934. The number of anilines is 1. The van der Waals surface area contributed by atoms with Crippen molar-refractivity contribution >= 4 is 54.4 Å². The molecule has 0 saturated heterocycles. The van der Waals surface area contributed by atoms with Crippen molar-refractivity contribution in [3.05, 3.63) is 52.5 Å². The minimum absolute atomic E-state index is 0.131. The van der Waals surface area contributed by atoms with Crippen molar-refractivity contribution in [2.45, 2.75) is 50.3 Å². The van der Waals surface area contributed by atoms with Gasteiger partial charge in [-0.3, -0.25) is 14.5 Å². The summed E-state index contributed by atoms with van der Waals surface area (Å²) in [5, 5.41) is 0.634. The number of primary amides is 1. The smallest absolute Gasteiger partial charge is 0.455 e. The zero-order valence-electron chi connectivity index (χ0n) is 20.1. The van der Waals surface area contributed by atoms with Crippen molar-refractivity contribution in [1.82, 2.24) is 4.90 Å². The van der Waals surface area contributed by atoms with E-state index >= 15 is 0 Å². The molecule has 38 heavy (non-hydrogen) atoms. The van der Waals surface area contributed by atoms with Gasteiger partial charge in [-0.15, -0.1) is 0 Å². The fourth-order valence-electron chi connectivity index (χ4n) is 4.82. The summed E-state index contributed by atoms with van der Waals surface area (Å²) in [7, 11) is -5.63. The van der Waals surface area contributed by atoms with Crippen LogP contribution >= 0.6 is 15.9 Å². The predicted octanol–water partition coefficient (Wildman–Crippen LogP) is 5.38. The van der Waals surface area contributed by atoms with Crippen molar-refractivity contribution < 1.29 is 30.8 Å². The Labute approximate surface area is 225 Å². The number of hydrogen-bond donors (Lipinski definition) is 2. The molecule has 2 aromatic carbocycles. The topological polar surface area (TPSA) is 118 Å². The first-order valence-corrected chi connectivity index (χ1v) is 14.2. The summed E-state index contributed by atoms with van der Waals surface area (Å²) >= 11 is 3.48. The third-order valence-corrected chi connectivity index (χ3v) is 8.65. The number of halogens is 4. The molecule has 0 bridgehead atoms.